The van der Waals surface area contributed by atoms with Gasteiger partial charge in [0.15, 0.2) is 0 Å². The minimum absolute atomic E-state index is 0.225. The lowest BCUT2D eigenvalue weighted by atomic mass is 10.1. The number of ether oxygens (including phenoxy) is 2. The first-order valence-corrected chi connectivity index (χ1v) is 13.2. The molecule has 0 aromatic heterocycles. The van der Waals surface area contributed by atoms with Crippen LogP contribution in [0.5, 0.6) is 5.75 Å². The lowest BCUT2D eigenvalue weighted by Crippen LogP contribution is -2.31. The number of carbonyl (C=O) groups excluding carboxylic acids is 2. The highest BCUT2D eigenvalue weighted by Crippen LogP contribution is 2.25. The molecule has 0 radical (unpaired) electrons. The number of hydrogen-bond donors (Lipinski definition) is 1. The van der Waals surface area contributed by atoms with Gasteiger partial charge in [-0.25, -0.2) is 0 Å². The molecule has 0 spiro atoms. The zero-order valence-electron chi connectivity index (χ0n) is 21.6. The molecule has 0 unspecified atom stereocenters. The quantitative estimate of drug-likeness (QED) is 0.0922. The van der Waals surface area contributed by atoms with Crippen molar-refractivity contribution in [1.82, 2.24) is 5.32 Å². The fourth-order valence-electron chi connectivity index (χ4n) is 3.48. The SMILES string of the molecule is CC/C=C\CCCC(=O)NCC(=O)OCCO[N+](=O)[O-].Clc1cccc(OCC/C=C/C2CCCC2)c1. The Kier molecular flexibility index (Phi) is 18.2. The lowest BCUT2D eigenvalue weighted by Gasteiger charge is -2.05. The molecular weight excluding hydrogens is 500 g/mol. The van der Waals surface area contributed by atoms with Crippen LogP contribution < -0.4 is 10.1 Å². The van der Waals surface area contributed by atoms with Gasteiger partial charge in [-0.15, -0.1) is 10.1 Å². The van der Waals surface area contributed by atoms with E-state index in [1.54, 1.807) is 0 Å². The Hall–Kier alpha value is -3.07. The summed E-state index contributed by atoms with van der Waals surface area (Å²) in [6.45, 7) is 1.96. The first-order valence-electron chi connectivity index (χ1n) is 12.8. The third-order valence-corrected chi connectivity index (χ3v) is 5.54. The second kappa shape index (κ2) is 21.1. The number of amides is 1. The van der Waals surface area contributed by atoms with Gasteiger partial charge in [-0.05, 0) is 62.6 Å². The van der Waals surface area contributed by atoms with Crippen molar-refractivity contribution < 1.29 is 29.0 Å². The van der Waals surface area contributed by atoms with Crippen molar-refractivity contribution in [3.63, 3.8) is 0 Å². The molecule has 1 aliphatic carbocycles. The van der Waals surface area contributed by atoms with Crippen molar-refractivity contribution in [1.29, 1.82) is 0 Å². The van der Waals surface area contributed by atoms with Crippen LogP contribution in [-0.4, -0.2) is 43.3 Å². The van der Waals surface area contributed by atoms with Gasteiger partial charge in [0.05, 0.1) is 6.61 Å². The Morgan fingerprint density at radius 3 is 2.62 bits per heavy atom. The molecule has 1 aromatic rings. The Labute approximate surface area is 224 Å². The van der Waals surface area contributed by atoms with E-state index in [0.717, 1.165) is 42.6 Å². The van der Waals surface area contributed by atoms with E-state index in [0.29, 0.717) is 12.8 Å². The fourth-order valence-corrected chi connectivity index (χ4v) is 3.66. The molecule has 0 saturated heterocycles. The van der Waals surface area contributed by atoms with Crippen molar-refractivity contribution in [2.45, 2.75) is 64.7 Å². The van der Waals surface area contributed by atoms with Crippen molar-refractivity contribution >= 4 is 23.5 Å². The van der Waals surface area contributed by atoms with Crippen LogP contribution in [0.2, 0.25) is 5.02 Å². The van der Waals surface area contributed by atoms with E-state index in [1.807, 2.05) is 43.3 Å². The van der Waals surface area contributed by atoms with Gasteiger partial charge in [0.2, 0.25) is 5.91 Å². The van der Waals surface area contributed by atoms with E-state index in [2.05, 4.69) is 27.0 Å². The molecule has 9 nitrogen and oxygen atoms in total. The Balaban J connectivity index is 0.000000373. The van der Waals surface area contributed by atoms with Crippen LogP contribution in [-0.2, 0) is 19.2 Å². The second-order valence-electron chi connectivity index (χ2n) is 8.39. The van der Waals surface area contributed by atoms with Crippen LogP contribution in [0.15, 0.2) is 48.6 Å². The van der Waals surface area contributed by atoms with Crippen LogP contribution in [0.3, 0.4) is 0 Å². The van der Waals surface area contributed by atoms with E-state index in [-0.39, 0.29) is 25.7 Å². The number of allylic oxidation sites excluding steroid dienone is 3. The summed E-state index contributed by atoms with van der Waals surface area (Å²) in [5, 5.41) is 12.0. The summed E-state index contributed by atoms with van der Waals surface area (Å²) in [6, 6.07) is 7.55. The highest BCUT2D eigenvalue weighted by Gasteiger charge is 2.10. The maximum absolute atomic E-state index is 11.3. The number of benzene rings is 1. The van der Waals surface area contributed by atoms with Crippen LogP contribution in [0.25, 0.3) is 0 Å². The molecule has 1 aliphatic rings. The molecule has 1 N–H and O–H groups in total. The zero-order chi connectivity index (χ0) is 27.1. The molecule has 0 atom stereocenters. The number of nitrogens with zero attached hydrogens (tertiary/aromatic N) is 1. The third-order valence-electron chi connectivity index (χ3n) is 5.31. The number of halogens is 1. The topological polar surface area (TPSA) is 117 Å². The minimum atomic E-state index is -0.970. The lowest BCUT2D eigenvalue weighted by molar-refractivity contribution is -0.757. The van der Waals surface area contributed by atoms with Crippen LogP contribution in [0, 0.1) is 16.0 Å². The fraction of sp³-hybridized carbons (Fsp3) is 0.556. The first-order chi connectivity index (χ1) is 17.9. The maximum Gasteiger partial charge on any atom is 0.325 e. The van der Waals surface area contributed by atoms with Gasteiger partial charge in [-0.2, -0.15) is 0 Å². The van der Waals surface area contributed by atoms with Gasteiger partial charge in [-0.3, -0.25) is 9.59 Å². The first kappa shape index (κ1) is 32.0. The predicted molar refractivity (Wildman–Crippen MR) is 143 cm³/mol. The third kappa shape index (κ3) is 18.8. The molecule has 1 saturated carbocycles. The smallest absolute Gasteiger partial charge is 0.325 e. The number of hydrogen-bond acceptors (Lipinski definition) is 7. The van der Waals surface area contributed by atoms with Gasteiger partial charge in [0.1, 0.15) is 25.5 Å². The van der Waals surface area contributed by atoms with Gasteiger partial charge < -0.3 is 19.6 Å². The van der Waals surface area contributed by atoms with E-state index in [1.165, 1.54) is 25.7 Å². The Morgan fingerprint density at radius 1 is 1.14 bits per heavy atom. The maximum atomic E-state index is 11.3. The summed E-state index contributed by atoms with van der Waals surface area (Å²) in [6.07, 6.45) is 18.0. The zero-order valence-corrected chi connectivity index (χ0v) is 22.3. The number of nitrogens with one attached hydrogen (secondary N) is 1. The normalized spacial score (nSPS) is 13.2. The van der Waals surface area contributed by atoms with Gasteiger partial charge >= 0.3 is 5.97 Å². The average Bonchev–Trinajstić information content (AvgIpc) is 3.39. The monoisotopic (exact) mass is 538 g/mol. The second-order valence-corrected chi connectivity index (χ2v) is 8.83. The number of unbranched alkanes of at least 4 members (excludes halogenated alkanes) is 1. The predicted octanol–water partition coefficient (Wildman–Crippen LogP) is 5.85. The summed E-state index contributed by atoms with van der Waals surface area (Å²) in [5.41, 5.74) is 0. The Bertz CT molecular complexity index is 855. The van der Waals surface area contributed by atoms with E-state index < -0.39 is 11.1 Å². The van der Waals surface area contributed by atoms with Crippen molar-refractivity contribution in [3.8, 4) is 5.75 Å². The van der Waals surface area contributed by atoms with Crippen molar-refractivity contribution in [2.75, 3.05) is 26.4 Å². The summed E-state index contributed by atoms with van der Waals surface area (Å²) in [7, 11) is 0. The molecule has 1 amide bonds. The molecule has 10 heteroatoms. The molecule has 0 aliphatic heterocycles. The van der Waals surface area contributed by atoms with E-state index in [9.17, 15) is 19.7 Å². The Morgan fingerprint density at radius 2 is 1.92 bits per heavy atom. The summed E-state index contributed by atoms with van der Waals surface area (Å²) in [5.74, 6) is 0.789. The highest BCUT2D eigenvalue weighted by atomic mass is 35.5. The summed E-state index contributed by atoms with van der Waals surface area (Å²) in [4.78, 5) is 36.2. The highest BCUT2D eigenvalue weighted by molar-refractivity contribution is 6.30. The largest absolute Gasteiger partial charge is 0.493 e. The molecule has 1 aromatic carbocycles. The number of carbonyl (C=O) groups is 2. The molecule has 0 bridgehead atoms. The minimum Gasteiger partial charge on any atom is -0.493 e. The molecule has 1 fully saturated rings. The van der Waals surface area contributed by atoms with Crippen molar-refractivity contribution in [3.05, 3.63) is 63.7 Å². The molecular formula is C27H39ClN2O7. The van der Waals surface area contributed by atoms with Crippen molar-refractivity contribution in [2.24, 2.45) is 5.92 Å². The van der Waals surface area contributed by atoms with E-state index in [4.69, 9.17) is 16.3 Å². The molecule has 37 heavy (non-hydrogen) atoms. The van der Waals surface area contributed by atoms with Gasteiger partial charge in [0, 0.05) is 11.4 Å². The molecule has 0 heterocycles. The number of rotatable bonds is 16. The number of esters is 1. The van der Waals surface area contributed by atoms with Crippen LogP contribution in [0.4, 0.5) is 0 Å². The van der Waals surface area contributed by atoms with Crippen LogP contribution in [0.1, 0.15) is 64.7 Å². The van der Waals surface area contributed by atoms with E-state index >= 15 is 0 Å². The van der Waals surface area contributed by atoms with Crippen LogP contribution >= 0.6 is 11.6 Å². The molecule has 2 rings (SSSR count). The molecule has 206 valence electrons. The standard InChI is InChI=1S/C15H19ClO.C12H20N2O6/c16-14-9-5-10-15(12-14)17-11-4-3-8-13-6-1-2-7-13;1-2-3-4-5-6-7-11(15)13-10-12(16)19-8-9-20-14(17)18/h3,5,8-10,12-13H,1-2,4,6-7,11H2;3-4H,2,5-10H2,1H3,(H,13,15)/b8-3+;4-3-. The van der Waals surface area contributed by atoms with Gasteiger partial charge in [0.25, 0.3) is 5.09 Å². The summed E-state index contributed by atoms with van der Waals surface area (Å²) < 4.78 is 10.2. The average molecular weight is 539 g/mol. The van der Waals surface area contributed by atoms with Gasteiger partial charge in [-0.1, -0.05) is 61.7 Å². The summed E-state index contributed by atoms with van der Waals surface area (Å²) >= 11 is 5.88.